The molecule has 5 rings (SSSR count). The van der Waals surface area contributed by atoms with E-state index in [0.29, 0.717) is 25.4 Å². The molecule has 0 bridgehead atoms. The first-order valence-electron chi connectivity index (χ1n) is 12.1. The van der Waals surface area contributed by atoms with E-state index in [0.717, 1.165) is 59.5 Å². The molecule has 0 spiro atoms. The number of pyridine rings is 1. The Balaban J connectivity index is 1.35. The van der Waals surface area contributed by atoms with Crippen LogP contribution in [0.4, 0.5) is 0 Å². The molecular formula is C28H30N4O3. The first kappa shape index (κ1) is 23.1. The molecule has 7 nitrogen and oxygen atoms in total. The van der Waals surface area contributed by atoms with Crippen LogP contribution in [0.3, 0.4) is 0 Å². The molecule has 0 fully saturated rings. The second-order valence-corrected chi connectivity index (χ2v) is 8.77. The minimum Gasteiger partial charge on any atom is -0.497 e. The van der Waals surface area contributed by atoms with Gasteiger partial charge in [-0.1, -0.05) is 36.4 Å². The summed E-state index contributed by atoms with van der Waals surface area (Å²) in [5, 5.41) is 5.86. The minimum atomic E-state index is -0.349. The summed E-state index contributed by atoms with van der Waals surface area (Å²) in [5.74, 6) is 0.494. The Kier molecular flexibility index (Phi) is 6.77. The Morgan fingerprint density at radius 1 is 1.06 bits per heavy atom. The lowest BCUT2D eigenvalue weighted by Crippen LogP contribution is -2.31. The third-order valence-corrected chi connectivity index (χ3v) is 6.49. The molecule has 7 heteroatoms. The topological polar surface area (TPSA) is 69.5 Å². The highest BCUT2D eigenvalue weighted by molar-refractivity contribution is 5.89. The summed E-state index contributed by atoms with van der Waals surface area (Å²) in [7, 11) is 1.67. The summed E-state index contributed by atoms with van der Waals surface area (Å²) in [5.41, 5.74) is 5.77. The van der Waals surface area contributed by atoms with E-state index in [1.54, 1.807) is 7.11 Å². The van der Waals surface area contributed by atoms with Gasteiger partial charge in [-0.2, -0.15) is 5.10 Å². The zero-order valence-electron chi connectivity index (χ0n) is 20.2. The summed E-state index contributed by atoms with van der Waals surface area (Å²) >= 11 is 0. The molecule has 0 radical (unpaired) electrons. The summed E-state index contributed by atoms with van der Waals surface area (Å²) in [4.78, 5) is 19.9. The van der Waals surface area contributed by atoms with Gasteiger partial charge in [0.1, 0.15) is 5.75 Å². The molecule has 0 N–H and O–H groups in total. The minimum absolute atomic E-state index is 0.330. The van der Waals surface area contributed by atoms with E-state index in [1.165, 1.54) is 5.56 Å². The largest absolute Gasteiger partial charge is 0.497 e. The molecule has 0 atom stereocenters. The average molecular weight is 471 g/mol. The van der Waals surface area contributed by atoms with Crippen molar-refractivity contribution in [3.8, 4) is 5.75 Å². The third kappa shape index (κ3) is 5.05. The zero-order valence-corrected chi connectivity index (χ0v) is 20.2. The van der Waals surface area contributed by atoms with Crippen LogP contribution < -0.4 is 4.74 Å². The van der Waals surface area contributed by atoms with E-state index in [9.17, 15) is 4.79 Å². The van der Waals surface area contributed by atoms with Crippen molar-refractivity contribution in [1.82, 2.24) is 19.7 Å². The number of rotatable bonds is 8. The molecule has 0 amide bonds. The van der Waals surface area contributed by atoms with Crippen molar-refractivity contribution in [2.24, 2.45) is 0 Å². The van der Waals surface area contributed by atoms with Gasteiger partial charge in [-0.25, -0.2) is 4.79 Å². The monoisotopic (exact) mass is 470 g/mol. The quantitative estimate of drug-likeness (QED) is 0.355. The first-order chi connectivity index (χ1) is 17.1. The Morgan fingerprint density at radius 3 is 2.69 bits per heavy atom. The maximum Gasteiger partial charge on any atom is 0.359 e. The maximum atomic E-state index is 12.7. The molecule has 180 valence electrons. The average Bonchev–Trinajstić information content (AvgIpc) is 3.26. The summed E-state index contributed by atoms with van der Waals surface area (Å²) < 4.78 is 12.6. The Bertz CT molecular complexity index is 1330. The highest BCUT2D eigenvalue weighted by Gasteiger charge is 2.29. The van der Waals surface area contributed by atoms with E-state index in [2.05, 4.69) is 35.2 Å². The van der Waals surface area contributed by atoms with Crippen LogP contribution in [-0.2, 0) is 37.2 Å². The standard InChI is InChI=1S/C28H30N4O3/c1-3-35-28(33)27-24-19-31(18-22-11-10-21-6-4-5-7-25(21)29-22)16-15-26(24)32(30-27)17-14-20-8-12-23(34-2)13-9-20/h4-13H,3,14-19H2,1-2H3. The molecular weight excluding hydrogens is 440 g/mol. The van der Waals surface area contributed by atoms with Gasteiger partial charge in [0.2, 0.25) is 0 Å². The van der Waals surface area contributed by atoms with Crippen LogP contribution in [0.15, 0.2) is 60.7 Å². The van der Waals surface area contributed by atoms with Crippen molar-refractivity contribution in [3.05, 3.63) is 88.9 Å². The SMILES string of the molecule is CCOC(=O)c1nn(CCc2ccc(OC)cc2)c2c1CN(Cc1ccc3ccccc3n1)CC2. The molecule has 1 aliphatic heterocycles. The molecule has 2 aromatic heterocycles. The maximum absolute atomic E-state index is 12.7. The summed E-state index contributed by atoms with van der Waals surface area (Å²) in [6.45, 7) is 5.13. The Hall–Kier alpha value is -3.71. The van der Waals surface area contributed by atoms with E-state index in [-0.39, 0.29) is 5.97 Å². The molecule has 3 heterocycles. The molecule has 0 saturated heterocycles. The Morgan fingerprint density at radius 2 is 1.89 bits per heavy atom. The fourth-order valence-corrected chi connectivity index (χ4v) is 4.68. The summed E-state index contributed by atoms with van der Waals surface area (Å²) in [6.07, 6.45) is 1.66. The van der Waals surface area contributed by atoms with Crippen molar-refractivity contribution in [3.63, 3.8) is 0 Å². The summed E-state index contributed by atoms with van der Waals surface area (Å²) in [6, 6.07) is 20.4. The van der Waals surface area contributed by atoms with Crippen molar-refractivity contribution in [2.45, 2.75) is 39.4 Å². The lowest BCUT2D eigenvalue weighted by atomic mass is 10.0. The molecule has 0 unspecified atom stereocenters. The second kappa shape index (κ2) is 10.3. The van der Waals surface area contributed by atoms with Crippen LogP contribution in [0.1, 0.15) is 39.9 Å². The van der Waals surface area contributed by atoms with Crippen molar-refractivity contribution < 1.29 is 14.3 Å². The molecule has 35 heavy (non-hydrogen) atoms. The van der Waals surface area contributed by atoms with Crippen LogP contribution in [-0.4, -0.2) is 45.9 Å². The van der Waals surface area contributed by atoms with Gasteiger partial charge in [0.05, 0.1) is 24.9 Å². The smallest absolute Gasteiger partial charge is 0.359 e. The number of methoxy groups -OCH3 is 1. The number of para-hydroxylation sites is 1. The third-order valence-electron chi connectivity index (χ3n) is 6.49. The van der Waals surface area contributed by atoms with E-state index < -0.39 is 0 Å². The predicted molar refractivity (Wildman–Crippen MR) is 134 cm³/mol. The fraction of sp³-hybridized carbons (Fsp3) is 0.321. The van der Waals surface area contributed by atoms with Crippen LogP contribution in [0.5, 0.6) is 5.75 Å². The molecule has 0 aliphatic carbocycles. The number of aromatic nitrogens is 3. The molecule has 4 aromatic rings. The lowest BCUT2D eigenvalue weighted by Gasteiger charge is -2.27. The van der Waals surface area contributed by atoms with Gasteiger partial charge in [0.25, 0.3) is 0 Å². The highest BCUT2D eigenvalue weighted by Crippen LogP contribution is 2.25. The van der Waals surface area contributed by atoms with Gasteiger partial charge in [0, 0.05) is 49.2 Å². The van der Waals surface area contributed by atoms with Gasteiger partial charge in [-0.15, -0.1) is 0 Å². The van der Waals surface area contributed by atoms with Gasteiger partial charge < -0.3 is 9.47 Å². The van der Waals surface area contributed by atoms with Gasteiger partial charge in [-0.05, 0) is 43.2 Å². The number of carbonyl (C=O) groups is 1. The number of ether oxygens (including phenoxy) is 2. The number of fused-ring (bicyclic) bond motifs is 2. The number of aryl methyl sites for hydroxylation is 2. The van der Waals surface area contributed by atoms with Crippen LogP contribution in [0.25, 0.3) is 10.9 Å². The predicted octanol–water partition coefficient (Wildman–Crippen LogP) is 4.42. The first-order valence-corrected chi connectivity index (χ1v) is 12.1. The zero-order chi connectivity index (χ0) is 24.2. The number of hydrogen-bond acceptors (Lipinski definition) is 6. The second-order valence-electron chi connectivity index (χ2n) is 8.77. The normalized spacial score (nSPS) is 13.5. The van der Waals surface area contributed by atoms with Gasteiger partial charge in [0.15, 0.2) is 5.69 Å². The van der Waals surface area contributed by atoms with Crippen molar-refractivity contribution in [1.29, 1.82) is 0 Å². The van der Waals surface area contributed by atoms with E-state index in [4.69, 9.17) is 19.6 Å². The number of carbonyl (C=O) groups excluding carboxylic acids is 1. The van der Waals surface area contributed by atoms with Gasteiger partial charge in [-0.3, -0.25) is 14.6 Å². The molecule has 1 aliphatic rings. The Labute approximate surface area is 205 Å². The van der Waals surface area contributed by atoms with Crippen LogP contribution in [0.2, 0.25) is 0 Å². The van der Waals surface area contributed by atoms with Crippen molar-refractivity contribution >= 4 is 16.9 Å². The lowest BCUT2D eigenvalue weighted by molar-refractivity contribution is 0.0515. The van der Waals surface area contributed by atoms with E-state index >= 15 is 0 Å². The van der Waals surface area contributed by atoms with Crippen molar-refractivity contribution in [2.75, 3.05) is 20.3 Å². The van der Waals surface area contributed by atoms with Crippen LogP contribution >= 0.6 is 0 Å². The van der Waals surface area contributed by atoms with E-state index in [1.807, 2.05) is 41.9 Å². The van der Waals surface area contributed by atoms with Crippen LogP contribution in [0, 0.1) is 0 Å². The number of esters is 1. The number of benzene rings is 2. The number of hydrogen-bond donors (Lipinski definition) is 0. The molecule has 0 saturated carbocycles. The fourth-order valence-electron chi connectivity index (χ4n) is 4.68. The van der Waals surface area contributed by atoms with Gasteiger partial charge >= 0.3 is 5.97 Å². The highest BCUT2D eigenvalue weighted by atomic mass is 16.5. The molecule has 2 aromatic carbocycles. The number of nitrogens with zero attached hydrogens (tertiary/aromatic N) is 4.